The van der Waals surface area contributed by atoms with E-state index in [9.17, 15) is 4.79 Å². The lowest BCUT2D eigenvalue weighted by Gasteiger charge is -2.13. The van der Waals surface area contributed by atoms with Crippen LogP contribution in [0.2, 0.25) is 0 Å². The van der Waals surface area contributed by atoms with Crippen LogP contribution in [0.15, 0.2) is 47.8 Å². The molecule has 6 heteroatoms. The van der Waals surface area contributed by atoms with Gasteiger partial charge in [0.25, 0.3) is 5.91 Å². The van der Waals surface area contributed by atoms with Gasteiger partial charge in [-0.25, -0.2) is 4.68 Å². The third-order valence-electron chi connectivity index (χ3n) is 4.07. The molecule has 2 aromatic heterocycles. The van der Waals surface area contributed by atoms with Crippen molar-refractivity contribution in [3.63, 3.8) is 0 Å². The van der Waals surface area contributed by atoms with E-state index < -0.39 is 0 Å². The first kappa shape index (κ1) is 17.4. The fourth-order valence-electron chi connectivity index (χ4n) is 2.87. The molecule has 3 aromatic rings. The second kappa shape index (κ2) is 7.63. The van der Waals surface area contributed by atoms with Crippen LogP contribution in [0.25, 0.3) is 5.69 Å². The van der Waals surface area contributed by atoms with Gasteiger partial charge >= 0.3 is 0 Å². The van der Waals surface area contributed by atoms with Crippen LogP contribution in [0.4, 0.5) is 5.69 Å². The highest BCUT2D eigenvalue weighted by molar-refractivity contribution is 7.09. The van der Waals surface area contributed by atoms with Crippen LogP contribution in [0.3, 0.4) is 0 Å². The number of nitrogens with one attached hydrogen (secondary N) is 2. The van der Waals surface area contributed by atoms with Crippen molar-refractivity contribution in [3.05, 3.63) is 64.1 Å². The topological polar surface area (TPSA) is 51.4 Å². The van der Waals surface area contributed by atoms with E-state index in [1.54, 1.807) is 11.3 Å². The van der Waals surface area contributed by atoms with Gasteiger partial charge in [0, 0.05) is 0 Å². The zero-order chi connectivity index (χ0) is 17.8. The average Bonchev–Trinajstić information content (AvgIpc) is 3.19. The average molecular weight is 355 g/mol. The third-order valence-corrected chi connectivity index (χ3v) is 4.95. The quantitative estimate of drug-likeness (QED) is 0.712. The summed E-state index contributed by atoms with van der Waals surface area (Å²) >= 11 is 1.72. The van der Waals surface area contributed by atoms with Gasteiger partial charge in [0.05, 0.1) is 34.7 Å². The molecule has 1 atom stereocenters. The Bertz CT molecular complexity index is 840. The van der Waals surface area contributed by atoms with E-state index in [2.05, 4.69) is 21.9 Å². The Morgan fingerprint density at radius 2 is 1.96 bits per heavy atom. The minimum absolute atomic E-state index is 0.00729. The van der Waals surface area contributed by atoms with Crippen molar-refractivity contribution in [2.45, 2.75) is 20.4 Å². The van der Waals surface area contributed by atoms with E-state index in [-0.39, 0.29) is 5.91 Å². The first-order valence-corrected chi connectivity index (χ1v) is 9.17. The number of anilines is 1. The lowest BCUT2D eigenvalue weighted by atomic mass is 10.3. The number of nitrogens with zero attached hydrogens (tertiary/aromatic N) is 2. The van der Waals surface area contributed by atoms with E-state index in [1.165, 1.54) is 4.88 Å². The van der Waals surface area contributed by atoms with E-state index in [0.717, 1.165) is 34.2 Å². The van der Waals surface area contributed by atoms with Gasteiger partial charge in [-0.3, -0.25) is 4.79 Å². The number of likely N-dealkylation sites (N-methyl/N-ethyl adjacent to an activating group) is 1. The maximum atomic E-state index is 12.4. The van der Waals surface area contributed by atoms with Crippen molar-refractivity contribution in [1.29, 1.82) is 0 Å². The Balaban J connectivity index is 1.68. The number of hydrogen-bond donors (Lipinski definition) is 2. The molecule has 1 aromatic carbocycles. The number of para-hydroxylation sites is 1. The monoisotopic (exact) mass is 355 g/mol. The molecule has 0 bridgehead atoms. The Morgan fingerprint density at radius 3 is 2.64 bits per heavy atom. The van der Waals surface area contributed by atoms with Crippen LogP contribution in [0.5, 0.6) is 0 Å². The van der Waals surface area contributed by atoms with Gasteiger partial charge < -0.3 is 10.2 Å². The second-order valence-electron chi connectivity index (χ2n) is 6.23. The number of carbonyl (C=O) groups excluding carboxylic acids is 1. The van der Waals surface area contributed by atoms with Crippen LogP contribution in [-0.2, 0) is 11.3 Å². The van der Waals surface area contributed by atoms with E-state index in [0.29, 0.717) is 6.54 Å². The molecule has 25 heavy (non-hydrogen) atoms. The summed E-state index contributed by atoms with van der Waals surface area (Å²) in [7, 11) is 2.03. The highest BCUT2D eigenvalue weighted by Crippen LogP contribution is 2.22. The Morgan fingerprint density at radius 1 is 1.20 bits per heavy atom. The van der Waals surface area contributed by atoms with Crippen LogP contribution in [-0.4, -0.2) is 29.3 Å². The predicted octanol–water partition coefficient (Wildman–Crippen LogP) is 2.20. The minimum atomic E-state index is 0.00729. The van der Waals surface area contributed by atoms with Crippen molar-refractivity contribution in [3.8, 4) is 5.69 Å². The molecule has 0 aliphatic carbocycles. The number of hydrogen-bond acceptors (Lipinski definition) is 3. The van der Waals surface area contributed by atoms with Gasteiger partial charge in [0.2, 0.25) is 0 Å². The van der Waals surface area contributed by atoms with Crippen molar-refractivity contribution in [2.24, 2.45) is 0 Å². The van der Waals surface area contributed by atoms with Crippen molar-refractivity contribution in [1.82, 2.24) is 9.78 Å². The van der Waals surface area contributed by atoms with Gasteiger partial charge in [-0.2, -0.15) is 5.10 Å². The normalized spacial score (nSPS) is 12.1. The Kier molecular flexibility index (Phi) is 5.31. The molecule has 2 N–H and O–H groups in total. The second-order valence-corrected chi connectivity index (χ2v) is 7.26. The molecule has 5 nitrogen and oxygen atoms in total. The molecular formula is C19H23N4OS+. The number of rotatable bonds is 6. The molecule has 0 saturated carbocycles. The van der Waals surface area contributed by atoms with E-state index in [1.807, 2.05) is 62.0 Å². The fourth-order valence-corrected chi connectivity index (χ4v) is 3.69. The minimum Gasteiger partial charge on any atom is -0.325 e. The lowest BCUT2D eigenvalue weighted by Crippen LogP contribution is -3.08. The number of amides is 1. The maximum absolute atomic E-state index is 12.4. The lowest BCUT2D eigenvalue weighted by molar-refractivity contribution is -0.884. The number of aromatic nitrogens is 2. The molecule has 0 aliphatic heterocycles. The number of carbonyl (C=O) groups is 1. The standard InChI is InChI=1S/C19H22N4OS/c1-14-19(15(2)23(21-14)16-8-5-4-6-9-16)20-18(24)13-22(3)12-17-10-7-11-25-17/h4-11H,12-13H2,1-3H3,(H,20,24)/p+1. The summed E-state index contributed by atoms with van der Waals surface area (Å²) in [5.74, 6) is 0.00729. The summed E-state index contributed by atoms with van der Waals surface area (Å²) in [5, 5.41) is 9.67. The van der Waals surface area contributed by atoms with Crippen LogP contribution < -0.4 is 10.2 Å². The zero-order valence-corrected chi connectivity index (χ0v) is 15.6. The van der Waals surface area contributed by atoms with Gasteiger partial charge in [-0.15, -0.1) is 11.3 Å². The predicted molar refractivity (Wildman–Crippen MR) is 101 cm³/mol. The van der Waals surface area contributed by atoms with Crippen molar-refractivity contribution >= 4 is 22.9 Å². The molecular weight excluding hydrogens is 332 g/mol. The Labute approximate surface area is 151 Å². The zero-order valence-electron chi connectivity index (χ0n) is 14.7. The van der Waals surface area contributed by atoms with Crippen molar-refractivity contribution < 1.29 is 9.69 Å². The summed E-state index contributed by atoms with van der Waals surface area (Å²) in [6.07, 6.45) is 0. The molecule has 130 valence electrons. The van der Waals surface area contributed by atoms with Gasteiger partial charge in [-0.1, -0.05) is 24.3 Å². The summed E-state index contributed by atoms with van der Waals surface area (Å²) < 4.78 is 1.87. The first-order valence-electron chi connectivity index (χ1n) is 8.30. The number of benzene rings is 1. The van der Waals surface area contributed by atoms with Gasteiger partial charge in [0.1, 0.15) is 6.54 Å². The molecule has 0 fully saturated rings. The molecule has 0 spiro atoms. The molecule has 3 rings (SSSR count). The van der Waals surface area contributed by atoms with Gasteiger partial charge in [0.15, 0.2) is 6.54 Å². The largest absolute Gasteiger partial charge is 0.325 e. The van der Waals surface area contributed by atoms with Crippen LogP contribution >= 0.6 is 11.3 Å². The van der Waals surface area contributed by atoms with E-state index >= 15 is 0 Å². The maximum Gasteiger partial charge on any atom is 0.279 e. The molecule has 0 saturated heterocycles. The SMILES string of the molecule is Cc1nn(-c2ccccc2)c(C)c1NC(=O)C[NH+](C)Cc1cccs1. The molecule has 1 unspecified atom stereocenters. The number of quaternary nitrogens is 1. The smallest absolute Gasteiger partial charge is 0.279 e. The first-order chi connectivity index (χ1) is 12.0. The summed E-state index contributed by atoms with van der Waals surface area (Å²) in [6, 6.07) is 14.1. The number of aryl methyl sites for hydroxylation is 1. The molecule has 0 radical (unpaired) electrons. The van der Waals surface area contributed by atoms with Crippen LogP contribution in [0, 0.1) is 13.8 Å². The fraction of sp³-hybridized carbons (Fsp3) is 0.263. The summed E-state index contributed by atoms with van der Waals surface area (Å²) in [6.45, 7) is 5.18. The molecule has 0 aliphatic rings. The number of thiophene rings is 1. The summed E-state index contributed by atoms with van der Waals surface area (Å²) in [4.78, 5) is 14.9. The molecule has 1 amide bonds. The highest BCUT2D eigenvalue weighted by atomic mass is 32.1. The van der Waals surface area contributed by atoms with Gasteiger partial charge in [-0.05, 0) is 37.4 Å². The van der Waals surface area contributed by atoms with Crippen molar-refractivity contribution in [2.75, 3.05) is 18.9 Å². The highest BCUT2D eigenvalue weighted by Gasteiger charge is 2.17. The third kappa shape index (κ3) is 4.15. The Hall–Kier alpha value is -2.44. The van der Waals surface area contributed by atoms with Crippen LogP contribution in [0.1, 0.15) is 16.3 Å². The summed E-state index contributed by atoms with van der Waals surface area (Å²) in [5.41, 5.74) is 3.56. The van der Waals surface area contributed by atoms with E-state index in [4.69, 9.17) is 0 Å². The molecule has 2 heterocycles.